The van der Waals surface area contributed by atoms with Crippen molar-refractivity contribution in [3.63, 3.8) is 0 Å². The lowest BCUT2D eigenvalue weighted by atomic mass is 10.1. The smallest absolute Gasteiger partial charge is 0.268 e. The second-order valence-electron chi connectivity index (χ2n) is 5.80. The van der Waals surface area contributed by atoms with Gasteiger partial charge < -0.3 is 0 Å². The summed E-state index contributed by atoms with van der Waals surface area (Å²) in [6.07, 6.45) is 0. The third-order valence-corrected chi connectivity index (χ3v) is 5.26. The highest BCUT2D eigenvalue weighted by molar-refractivity contribution is 7.97. The maximum atomic E-state index is 12.6. The fraction of sp³-hybridized carbons (Fsp3) is 0. The number of nitrogens with zero attached hydrogens (tertiary/aromatic N) is 4. The molecule has 0 spiro atoms. The Kier molecular flexibility index (Phi) is 3.90. The number of amides is 4. The van der Waals surface area contributed by atoms with E-state index >= 15 is 0 Å². The summed E-state index contributed by atoms with van der Waals surface area (Å²) >= 11 is 0.125. The molecule has 0 aromatic heterocycles. The first-order valence-electron chi connectivity index (χ1n) is 7.74. The number of benzene rings is 2. The molecule has 2 aliphatic rings. The summed E-state index contributed by atoms with van der Waals surface area (Å²) in [5.74, 6) is -4.06. The van der Waals surface area contributed by atoms with E-state index in [0.29, 0.717) is 8.61 Å². The maximum absolute atomic E-state index is 12.6. The predicted octanol–water partition coefficient (Wildman–Crippen LogP) is 1.96. The summed E-state index contributed by atoms with van der Waals surface area (Å²) in [6, 6.07) is 6.95. The van der Waals surface area contributed by atoms with Gasteiger partial charge in [0.15, 0.2) is 0 Å². The number of carbonyl (C=O) groups excluding carboxylic acids is 4. The molecular weight excluding hydrogens is 408 g/mol. The molecule has 0 saturated carbocycles. The maximum Gasteiger partial charge on any atom is 0.283 e. The molecule has 144 valence electrons. The van der Waals surface area contributed by atoms with Crippen LogP contribution in [0.15, 0.2) is 36.4 Å². The molecule has 2 aliphatic heterocycles. The Morgan fingerprint density at radius 2 is 1.03 bits per heavy atom. The fourth-order valence-electron chi connectivity index (χ4n) is 3.03. The Hall–Kier alpha value is -4.13. The predicted molar refractivity (Wildman–Crippen MR) is 94.8 cm³/mol. The number of hydrogen-bond acceptors (Lipinski definition) is 9. The van der Waals surface area contributed by atoms with Gasteiger partial charge in [0.2, 0.25) is 0 Å². The van der Waals surface area contributed by atoms with Crippen molar-refractivity contribution in [2.45, 2.75) is 0 Å². The molecule has 2 aromatic rings. The van der Waals surface area contributed by atoms with Gasteiger partial charge in [-0.15, -0.1) is 0 Å². The van der Waals surface area contributed by atoms with E-state index in [4.69, 9.17) is 0 Å². The molecule has 13 heteroatoms. The number of nitro groups is 2. The summed E-state index contributed by atoms with van der Waals surface area (Å²) in [6.45, 7) is 0. The van der Waals surface area contributed by atoms with Crippen LogP contribution in [0.4, 0.5) is 11.4 Å². The number of rotatable bonds is 4. The van der Waals surface area contributed by atoms with Crippen LogP contribution in [0.25, 0.3) is 0 Å². The van der Waals surface area contributed by atoms with Crippen LogP contribution in [0.1, 0.15) is 41.4 Å². The number of imide groups is 2. The van der Waals surface area contributed by atoms with Crippen molar-refractivity contribution >= 4 is 47.1 Å². The molecule has 2 heterocycles. The van der Waals surface area contributed by atoms with Crippen molar-refractivity contribution in [3.05, 3.63) is 78.9 Å². The minimum Gasteiger partial charge on any atom is -0.268 e. The van der Waals surface area contributed by atoms with Crippen LogP contribution in [-0.4, -0.2) is 42.1 Å². The number of fused-ring (bicyclic) bond motifs is 2. The fourth-order valence-corrected chi connectivity index (χ4v) is 3.87. The highest BCUT2D eigenvalue weighted by Gasteiger charge is 2.48. The molecule has 29 heavy (non-hydrogen) atoms. The Labute approximate surface area is 164 Å². The highest BCUT2D eigenvalue weighted by Crippen LogP contribution is 2.39. The molecule has 0 aliphatic carbocycles. The summed E-state index contributed by atoms with van der Waals surface area (Å²) in [4.78, 5) is 70.9. The van der Waals surface area contributed by atoms with Gasteiger partial charge in [-0.3, -0.25) is 39.4 Å². The average Bonchev–Trinajstić information content (AvgIpc) is 3.08. The Bertz CT molecular complexity index is 1100. The minimum absolute atomic E-state index is 0.125. The summed E-state index contributed by atoms with van der Waals surface area (Å²) in [7, 11) is 0. The van der Waals surface area contributed by atoms with E-state index in [-0.39, 0.29) is 23.3 Å². The van der Waals surface area contributed by atoms with Crippen molar-refractivity contribution in [1.82, 2.24) is 8.61 Å². The van der Waals surface area contributed by atoms with Crippen molar-refractivity contribution < 1.29 is 29.0 Å². The number of nitro benzene ring substituents is 2. The van der Waals surface area contributed by atoms with Gasteiger partial charge in [-0.05, 0) is 12.1 Å². The zero-order chi connectivity index (χ0) is 21.0. The minimum atomic E-state index is -1.08. The van der Waals surface area contributed by atoms with Crippen LogP contribution < -0.4 is 0 Å². The highest BCUT2D eigenvalue weighted by atomic mass is 32.2. The lowest BCUT2D eigenvalue weighted by molar-refractivity contribution is -0.385. The van der Waals surface area contributed by atoms with Crippen LogP contribution in [0.2, 0.25) is 0 Å². The van der Waals surface area contributed by atoms with Gasteiger partial charge in [0, 0.05) is 12.1 Å². The second-order valence-corrected chi connectivity index (χ2v) is 6.70. The molecule has 4 rings (SSSR count). The Balaban J connectivity index is 1.71. The summed E-state index contributed by atoms with van der Waals surface area (Å²) in [5.41, 5.74) is -2.61. The third-order valence-electron chi connectivity index (χ3n) is 4.27. The van der Waals surface area contributed by atoms with Crippen molar-refractivity contribution in [3.8, 4) is 0 Å². The van der Waals surface area contributed by atoms with E-state index in [1.165, 1.54) is 24.3 Å². The molecule has 0 unspecified atom stereocenters. The molecule has 0 N–H and O–H groups in total. The van der Waals surface area contributed by atoms with Crippen LogP contribution in [0.3, 0.4) is 0 Å². The van der Waals surface area contributed by atoms with Gasteiger partial charge in [0.05, 0.1) is 33.1 Å². The van der Waals surface area contributed by atoms with Crippen molar-refractivity contribution in [2.75, 3.05) is 0 Å². The molecule has 2 aromatic carbocycles. The van der Waals surface area contributed by atoms with Gasteiger partial charge in [0.1, 0.15) is 11.1 Å². The molecule has 0 bridgehead atoms. The van der Waals surface area contributed by atoms with Gasteiger partial charge >= 0.3 is 0 Å². The van der Waals surface area contributed by atoms with E-state index < -0.39 is 56.0 Å². The zero-order valence-electron chi connectivity index (χ0n) is 13.9. The zero-order valence-corrected chi connectivity index (χ0v) is 14.7. The van der Waals surface area contributed by atoms with Gasteiger partial charge in [0.25, 0.3) is 35.0 Å². The largest absolute Gasteiger partial charge is 0.283 e. The van der Waals surface area contributed by atoms with Gasteiger partial charge in [-0.2, -0.15) is 8.61 Å². The van der Waals surface area contributed by atoms with Crippen LogP contribution in [-0.2, 0) is 0 Å². The first-order chi connectivity index (χ1) is 13.7. The van der Waals surface area contributed by atoms with Gasteiger partial charge in [-0.1, -0.05) is 12.1 Å². The Morgan fingerprint density at radius 1 is 0.655 bits per heavy atom. The van der Waals surface area contributed by atoms with Crippen molar-refractivity contribution in [2.24, 2.45) is 0 Å². The second kappa shape index (κ2) is 6.20. The van der Waals surface area contributed by atoms with E-state index in [1.807, 2.05) is 0 Å². The lowest BCUT2D eigenvalue weighted by Crippen LogP contribution is -2.32. The normalized spacial score (nSPS) is 15.0. The molecule has 0 fully saturated rings. The first-order valence-corrected chi connectivity index (χ1v) is 8.47. The topological polar surface area (TPSA) is 161 Å². The van der Waals surface area contributed by atoms with Gasteiger partial charge in [-0.25, -0.2) is 0 Å². The summed E-state index contributed by atoms with van der Waals surface area (Å²) < 4.78 is 0.871. The molecule has 0 radical (unpaired) electrons. The van der Waals surface area contributed by atoms with E-state index in [0.717, 1.165) is 12.1 Å². The first kappa shape index (κ1) is 18.2. The van der Waals surface area contributed by atoms with E-state index in [9.17, 15) is 39.4 Å². The molecule has 0 atom stereocenters. The lowest BCUT2D eigenvalue weighted by Gasteiger charge is -2.17. The summed E-state index contributed by atoms with van der Waals surface area (Å²) in [5, 5.41) is 22.3. The van der Waals surface area contributed by atoms with E-state index in [1.54, 1.807) is 0 Å². The standard InChI is InChI=1S/C16H6N4O8S/c21-13-7-3-1-5-9(19(25)26)11(7)15(23)17(13)29-18-14(22)8-4-2-6-10(20(27)28)12(8)16(18)24/h1-6H. The third kappa shape index (κ3) is 2.48. The monoisotopic (exact) mass is 414 g/mol. The SMILES string of the molecule is O=C1c2cccc([N+](=O)[O-])c2C(=O)N1SN1C(=O)c2cccc([N+](=O)[O-])c2C1=O. The van der Waals surface area contributed by atoms with Crippen LogP contribution in [0, 0.1) is 20.2 Å². The molecular formula is C16H6N4O8S. The number of hydrogen-bond donors (Lipinski definition) is 0. The number of carbonyl (C=O) groups is 4. The molecule has 4 amide bonds. The average molecular weight is 414 g/mol. The molecule has 0 saturated heterocycles. The Morgan fingerprint density at radius 3 is 1.38 bits per heavy atom. The van der Waals surface area contributed by atoms with Crippen molar-refractivity contribution in [1.29, 1.82) is 0 Å². The molecule has 12 nitrogen and oxygen atoms in total. The van der Waals surface area contributed by atoms with Crippen LogP contribution >= 0.6 is 12.1 Å². The van der Waals surface area contributed by atoms with Crippen LogP contribution in [0.5, 0.6) is 0 Å². The van der Waals surface area contributed by atoms with E-state index in [2.05, 4.69) is 0 Å². The quantitative estimate of drug-likeness (QED) is 0.315.